The quantitative estimate of drug-likeness (QED) is 0.253. The summed E-state index contributed by atoms with van der Waals surface area (Å²) >= 11 is 0. The first-order valence-electron chi connectivity index (χ1n) is 2.20. The van der Waals surface area contributed by atoms with Gasteiger partial charge in [-0.2, -0.15) is 0 Å². The van der Waals surface area contributed by atoms with Crippen molar-refractivity contribution in [1.29, 1.82) is 0 Å². The summed E-state index contributed by atoms with van der Waals surface area (Å²) in [4.78, 5) is 9.12. The average molecular weight is 132 g/mol. The predicted octanol–water partition coefficient (Wildman–Crippen LogP) is -1.26. The lowest BCUT2D eigenvalue weighted by Gasteiger charge is -1.98. The fraction of sp³-hybridized carbons (Fsp3) is 0.333. The van der Waals surface area contributed by atoms with E-state index in [0.29, 0.717) is 0 Å². The molecule has 0 aliphatic heterocycles. The number of hydrogen-bond donors (Lipinski definition) is 3. The molecule has 0 fully saturated rings. The predicted molar refractivity (Wildman–Crippen MR) is 31.5 cm³/mol. The molecular formula is C3H8N4O2. The van der Waals surface area contributed by atoms with Crippen LogP contribution in [0.25, 0.3) is 0 Å². The molecule has 0 heterocycles. The maximum atomic E-state index is 9.72. The van der Waals surface area contributed by atoms with Crippen molar-refractivity contribution in [3.05, 3.63) is 22.1 Å². The van der Waals surface area contributed by atoms with Crippen LogP contribution in [0.15, 0.2) is 12.0 Å². The van der Waals surface area contributed by atoms with Crippen LogP contribution in [0.4, 0.5) is 0 Å². The molecular weight excluding hydrogens is 124 g/mol. The number of nitro groups is 1. The summed E-state index contributed by atoms with van der Waals surface area (Å²) in [5.74, 6) is 5.01. The molecule has 0 saturated carbocycles. The highest BCUT2D eigenvalue weighted by atomic mass is 16.6. The van der Waals surface area contributed by atoms with Crippen LogP contribution in [0.3, 0.4) is 0 Å². The molecule has 0 aromatic heterocycles. The van der Waals surface area contributed by atoms with E-state index in [0.717, 1.165) is 6.20 Å². The molecule has 0 aromatic rings. The Morgan fingerprint density at radius 1 is 1.89 bits per heavy atom. The lowest BCUT2D eigenvalue weighted by Crippen LogP contribution is -2.29. The van der Waals surface area contributed by atoms with Crippen LogP contribution < -0.4 is 16.6 Å². The van der Waals surface area contributed by atoms with E-state index in [1.807, 2.05) is 0 Å². The number of hydrazine groups is 1. The Morgan fingerprint density at radius 3 is 2.56 bits per heavy atom. The van der Waals surface area contributed by atoms with Gasteiger partial charge in [0.1, 0.15) is 0 Å². The number of rotatable bonds is 3. The van der Waals surface area contributed by atoms with E-state index in [2.05, 4.69) is 10.7 Å². The van der Waals surface area contributed by atoms with Crippen LogP contribution in [0.1, 0.15) is 0 Å². The summed E-state index contributed by atoms with van der Waals surface area (Å²) in [6, 6.07) is 0. The minimum atomic E-state index is -0.605. The van der Waals surface area contributed by atoms with Crippen LogP contribution in [-0.4, -0.2) is 12.0 Å². The van der Waals surface area contributed by atoms with Crippen LogP contribution in [0.2, 0.25) is 0 Å². The zero-order chi connectivity index (χ0) is 7.28. The Labute approximate surface area is 51.8 Å². The number of nitrogens with zero attached hydrogens (tertiary/aromatic N) is 1. The van der Waals surface area contributed by atoms with Crippen molar-refractivity contribution >= 4 is 0 Å². The molecule has 0 saturated heterocycles. The Bertz CT molecular complexity index is 126. The third-order valence-electron chi connectivity index (χ3n) is 0.659. The highest BCUT2D eigenvalue weighted by molar-refractivity contribution is 4.87. The third kappa shape index (κ3) is 3.30. The molecule has 0 atom stereocenters. The van der Waals surface area contributed by atoms with Crippen molar-refractivity contribution in [3.63, 3.8) is 0 Å². The Hall–Kier alpha value is -1.30. The molecule has 0 bridgehead atoms. The van der Waals surface area contributed by atoms with Gasteiger partial charge < -0.3 is 10.7 Å². The van der Waals surface area contributed by atoms with E-state index in [1.54, 1.807) is 0 Å². The van der Waals surface area contributed by atoms with E-state index < -0.39 is 4.92 Å². The van der Waals surface area contributed by atoms with Crippen LogP contribution in [0, 0.1) is 10.1 Å². The third-order valence-corrected chi connectivity index (χ3v) is 0.659. The van der Waals surface area contributed by atoms with E-state index in [1.165, 1.54) is 7.05 Å². The second kappa shape index (κ2) is 3.67. The number of nitrogens with one attached hydrogen (secondary N) is 2. The molecule has 0 rings (SSSR count). The van der Waals surface area contributed by atoms with Gasteiger partial charge in [0.05, 0.1) is 4.92 Å². The molecule has 0 amide bonds. The summed E-state index contributed by atoms with van der Waals surface area (Å²) in [5, 5.41) is 12.2. The largest absolute Gasteiger partial charge is 0.369 e. The van der Waals surface area contributed by atoms with Gasteiger partial charge in [0.2, 0.25) is 0 Å². The van der Waals surface area contributed by atoms with Gasteiger partial charge in [0.25, 0.3) is 6.20 Å². The van der Waals surface area contributed by atoms with E-state index in [4.69, 9.17) is 5.84 Å². The van der Waals surface area contributed by atoms with Crippen molar-refractivity contribution in [2.45, 2.75) is 0 Å². The van der Waals surface area contributed by atoms with Gasteiger partial charge in [0.15, 0.2) is 5.82 Å². The van der Waals surface area contributed by atoms with Crippen LogP contribution in [0.5, 0.6) is 0 Å². The molecule has 0 aliphatic rings. The fourth-order valence-electron chi connectivity index (χ4n) is 0.279. The topological polar surface area (TPSA) is 93.2 Å². The van der Waals surface area contributed by atoms with Crippen LogP contribution >= 0.6 is 0 Å². The summed E-state index contributed by atoms with van der Waals surface area (Å²) in [6.07, 6.45) is 0.736. The first-order valence-corrected chi connectivity index (χ1v) is 2.20. The molecule has 52 valence electrons. The Balaban J connectivity index is 3.91. The van der Waals surface area contributed by atoms with E-state index in [9.17, 15) is 10.1 Å². The highest BCUT2D eigenvalue weighted by Crippen LogP contribution is 1.77. The first-order chi connectivity index (χ1) is 4.20. The SMILES string of the molecule is CNC(=C[N+](=O)[O-])NN. The van der Waals surface area contributed by atoms with Gasteiger partial charge >= 0.3 is 0 Å². The molecule has 9 heavy (non-hydrogen) atoms. The molecule has 0 unspecified atom stereocenters. The normalized spacial score (nSPS) is 10.7. The molecule has 0 radical (unpaired) electrons. The number of hydrogen-bond acceptors (Lipinski definition) is 5. The first kappa shape index (κ1) is 7.70. The van der Waals surface area contributed by atoms with Gasteiger partial charge in [-0.05, 0) is 0 Å². The molecule has 0 aliphatic carbocycles. The average Bonchev–Trinajstić information content (AvgIpc) is 1.82. The molecule has 0 aromatic carbocycles. The van der Waals surface area contributed by atoms with Crippen molar-refractivity contribution in [2.75, 3.05) is 7.05 Å². The monoisotopic (exact) mass is 132 g/mol. The van der Waals surface area contributed by atoms with Crippen molar-refractivity contribution in [1.82, 2.24) is 10.7 Å². The van der Waals surface area contributed by atoms with Crippen molar-refractivity contribution in [2.24, 2.45) is 5.84 Å². The molecule has 0 spiro atoms. The Kier molecular flexibility index (Phi) is 3.14. The second-order valence-electron chi connectivity index (χ2n) is 1.22. The van der Waals surface area contributed by atoms with Gasteiger partial charge in [0, 0.05) is 7.05 Å². The second-order valence-corrected chi connectivity index (χ2v) is 1.22. The van der Waals surface area contributed by atoms with Gasteiger partial charge in [-0.25, -0.2) is 5.84 Å². The van der Waals surface area contributed by atoms with Crippen molar-refractivity contribution < 1.29 is 4.92 Å². The zero-order valence-corrected chi connectivity index (χ0v) is 4.92. The van der Waals surface area contributed by atoms with Crippen molar-refractivity contribution in [3.8, 4) is 0 Å². The maximum Gasteiger partial charge on any atom is 0.275 e. The Morgan fingerprint density at radius 2 is 2.44 bits per heavy atom. The summed E-state index contributed by atoms with van der Waals surface area (Å²) in [6.45, 7) is 0. The van der Waals surface area contributed by atoms with Gasteiger partial charge in [-0.15, -0.1) is 0 Å². The standard InChI is InChI=1S/C3H8N4O2/c1-5-3(6-4)2-7(8)9/h2,5-6H,4H2,1H3. The molecule has 4 N–H and O–H groups in total. The minimum Gasteiger partial charge on any atom is -0.369 e. The highest BCUT2D eigenvalue weighted by Gasteiger charge is 1.93. The summed E-state index contributed by atoms with van der Waals surface area (Å²) in [7, 11) is 1.52. The summed E-state index contributed by atoms with van der Waals surface area (Å²) in [5.41, 5.74) is 2.09. The van der Waals surface area contributed by atoms with Gasteiger partial charge in [-0.3, -0.25) is 10.1 Å². The maximum absolute atomic E-state index is 9.72. The fourth-order valence-corrected chi connectivity index (χ4v) is 0.279. The van der Waals surface area contributed by atoms with Crippen LogP contribution in [-0.2, 0) is 0 Å². The minimum absolute atomic E-state index is 0.167. The smallest absolute Gasteiger partial charge is 0.275 e. The zero-order valence-electron chi connectivity index (χ0n) is 4.92. The lowest BCUT2D eigenvalue weighted by molar-refractivity contribution is -0.404. The summed E-state index contributed by atoms with van der Waals surface area (Å²) < 4.78 is 0. The van der Waals surface area contributed by atoms with E-state index in [-0.39, 0.29) is 5.82 Å². The lowest BCUT2D eigenvalue weighted by atomic mass is 10.7. The number of nitrogens with two attached hydrogens (primary N) is 1. The molecule has 6 nitrogen and oxygen atoms in total. The molecule has 6 heteroatoms. The van der Waals surface area contributed by atoms with Gasteiger partial charge in [-0.1, -0.05) is 0 Å². The van der Waals surface area contributed by atoms with E-state index >= 15 is 0 Å².